The van der Waals surface area contributed by atoms with Gasteiger partial charge in [0.15, 0.2) is 0 Å². The average Bonchev–Trinajstić information content (AvgIpc) is 2.62. The van der Waals surface area contributed by atoms with Crippen LogP contribution in [0.1, 0.15) is 29.6 Å². The SMILES string of the molecule is CCc1nc(C)c(CC(=O)NC[C@H]2COc3ccccc3C2)c(=O)[nH]1. The smallest absolute Gasteiger partial charge is 0.254 e. The summed E-state index contributed by atoms with van der Waals surface area (Å²) in [4.78, 5) is 31.4. The molecule has 0 aliphatic carbocycles. The maximum atomic E-state index is 12.2. The molecule has 0 saturated heterocycles. The Morgan fingerprint density at radius 2 is 2.20 bits per heavy atom. The lowest BCUT2D eigenvalue weighted by Gasteiger charge is -2.25. The number of benzene rings is 1. The topological polar surface area (TPSA) is 84.1 Å². The zero-order chi connectivity index (χ0) is 17.8. The number of hydrogen-bond acceptors (Lipinski definition) is 4. The third-order valence-electron chi connectivity index (χ3n) is 4.49. The molecule has 132 valence electrons. The third-order valence-corrected chi connectivity index (χ3v) is 4.49. The highest BCUT2D eigenvalue weighted by molar-refractivity contribution is 5.78. The van der Waals surface area contributed by atoms with Crippen LogP contribution < -0.4 is 15.6 Å². The van der Waals surface area contributed by atoms with E-state index in [2.05, 4.69) is 15.3 Å². The number of para-hydroxylation sites is 1. The number of aromatic nitrogens is 2. The number of H-pyrrole nitrogens is 1. The van der Waals surface area contributed by atoms with Crippen LogP contribution >= 0.6 is 0 Å². The van der Waals surface area contributed by atoms with Gasteiger partial charge in [-0.1, -0.05) is 25.1 Å². The number of carbonyl (C=O) groups is 1. The quantitative estimate of drug-likeness (QED) is 0.864. The lowest BCUT2D eigenvalue weighted by Crippen LogP contribution is -2.36. The van der Waals surface area contributed by atoms with E-state index in [9.17, 15) is 9.59 Å². The van der Waals surface area contributed by atoms with Gasteiger partial charge in [-0.3, -0.25) is 9.59 Å². The van der Waals surface area contributed by atoms with Gasteiger partial charge in [-0.05, 0) is 25.0 Å². The van der Waals surface area contributed by atoms with Crippen molar-refractivity contribution in [2.24, 2.45) is 5.92 Å². The second kappa shape index (κ2) is 7.51. The van der Waals surface area contributed by atoms with E-state index in [-0.39, 0.29) is 23.8 Å². The van der Waals surface area contributed by atoms with Crippen molar-refractivity contribution in [1.82, 2.24) is 15.3 Å². The molecule has 1 amide bonds. The molecule has 2 N–H and O–H groups in total. The molecule has 2 aromatic rings. The third kappa shape index (κ3) is 4.07. The monoisotopic (exact) mass is 341 g/mol. The molecule has 2 heterocycles. The van der Waals surface area contributed by atoms with Crippen molar-refractivity contribution in [3.63, 3.8) is 0 Å². The minimum atomic E-state index is -0.227. The number of nitrogens with one attached hydrogen (secondary N) is 2. The van der Waals surface area contributed by atoms with Crippen molar-refractivity contribution in [2.75, 3.05) is 13.2 Å². The fourth-order valence-corrected chi connectivity index (χ4v) is 3.05. The Morgan fingerprint density at radius 3 is 2.96 bits per heavy atom. The van der Waals surface area contributed by atoms with Gasteiger partial charge in [-0.2, -0.15) is 0 Å². The molecule has 0 radical (unpaired) electrons. The zero-order valence-electron chi connectivity index (χ0n) is 14.6. The Labute approximate surface area is 146 Å². The lowest BCUT2D eigenvalue weighted by molar-refractivity contribution is -0.120. The summed E-state index contributed by atoms with van der Waals surface area (Å²) in [5, 5.41) is 2.92. The van der Waals surface area contributed by atoms with Gasteiger partial charge < -0.3 is 15.0 Å². The summed E-state index contributed by atoms with van der Waals surface area (Å²) < 4.78 is 5.73. The number of rotatable bonds is 5. The molecule has 3 rings (SSSR count). The maximum Gasteiger partial charge on any atom is 0.254 e. The minimum absolute atomic E-state index is 0.0440. The normalized spacial score (nSPS) is 16.0. The first-order valence-corrected chi connectivity index (χ1v) is 8.63. The second-order valence-corrected chi connectivity index (χ2v) is 6.40. The number of amides is 1. The standard InChI is InChI=1S/C19H23N3O3/c1-3-17-21-12(2)15(19(24)22-17)9-18(23)20-10-13-8-14-6-4-5-7-16(14)25-11-13/h4-7,13H,3,8-11H2,1-2H3,(H,20,23)(H,21,22,24)/t13-/m0/s1. The zero-order valence-corrected chi connectivity index (χ0v) is 14.6. The van der Waals surface area contributed by atoms with E-state index in [4.69, 9.17) is 4.74 Å². The molecule has 1 aromatic heterocycles. The largest absolute Gasteiger partial charge is 0.493 e. The van der Waals surface area contributed by atoms with Crippen LogP contribution in [0.3, 0.4) is 0 Å². The van der Waals surface area contributed by atoms with Gasteiger partial charge in [0.25, 0.3) is 5.56 Å². The van der Waals surface area contributed by atoms with Crippen LogP contribution in [0.2, 0.25) is 0 Å². The van der Waals surface area contributed by atoms with Gasteiger partial charge in [0.1, 0.15) is 11.6 Å². The van der Waals surface area contributed by atoms with E-state index < -0.39 is 0 Å². The van der Waals surface area contributed by atoms with E-state index in [0.717, 1.165) is 12.2 Å². The highest BCUT2D eigenvalue weighted by atomic mass is 16.5. The second-order valence-electron chi connectivity index (χ2n) is 6.40. The Hall–Kier alpha value is -2.63. The van der Waals surface area contributed by atoms with Crippen LogP contribution in [0.4, 0.5) is 0 Å². The Morgan fingerprint density at radius 1 is 1.40 bits per heavy atom. The van der Waals surface area contributed by atoms with Gasteiger partial charge in [0, 0.05) is 30.1 Å². The fourth-order valence-electron chi connectivity index (χ4n) is 3.05. The Kier molecular flexibility index (Phi) is 5.16. The maximum absolute atomic E-state index is 12.2. The molecule has 0 spiro atoms. The van der Waals surface area contributed by atoms with Gasteiger partial charge >= 0.3 is 0 Å². The molecule has 6 heteroatoms. The number of hydrogen-bond donors (Lipinski definition) is 2. The van der Waals surface area contributed by atoms with Crippen LogP contribution in [0.25, 0.3) is 0 Å². The first-order chi connectivity index (χ1) is 12.1. The number of nitrogens with zero attached hydrogens (tertiary/aromatic N) is 1. The van der Waals surface area contributed by atoms with Crippen molar-refractivity contribution in [2.45, 2.75) is 33.1 Å². The number of fused-ring (bicyclic) bond motifs is 1. The van der Waals surface area contributed by atoms with E-state index in [1.54, 1.807) is 6.92 Å². The number of ether oxygens (including phenoxy) is 1. The highest BCUT2D eigenvalue weighted by Crippen LogP contribution is 2.26. The van der Waals surface area contributed by atoms with Crippen molar-refractivity contribution >= 4 is 5.91 Å². The highest BCUT2D eigenvalue weighted by Gasteiger charge is 2.20. The van der Waals surface area contributed by atoms with Gasteiger partial charge in [-0.25, -0.2) is 4.98 Å². The molecule has 1 atom stereocenters. The molecule has 0 unspecified atom stereocenters. The molecule has 0 saturated carbocycles. The number of aryl methyl sites for hydroxylation is 2. The average molecular weight is 341 g/mol. The summed E-state index contributed by atoms with van der Waals surface area (Å²) in [5.74, 6) is 1.64. The molecule has 0 fully saturated rings. The van der Waals surface area contributed by atoms with E-state index in [0.29, 0.717) is 36.7 Å². The molecular weight excluding hydrogens is 318 g/mol. The summed E-state index contributed by atoms with van der Waals surface area (Å²) >= 11 is 0. The minimum Gasteiger partial charge on any atom is -0.493 e. The molecule has 25 heavy (non-hydrogen) atoms. The fraction of sp³-hybridized carbons (Fsp3) is 0.421. The van der Waals surface area contributed by atoms with E-state index in [1.165, 1.54) is 5.56 Å². The lowest BCUT2D eigenvalue weighted by atomic mass is 9.96. The summed E-state index contributed by atoms with van der Waals surface area (Å²) in [7, 11) is 0. The predicted octanol–water partition coefficient (Wildman–Crippen LogP) is 1.55. The van der Waals surface area contributed by atoms with Crippen LogP contribution in [-0.4, -0.2) is 29.0 Å². The summed E-state index contributed by atoms with van der Waals surface area (Å²) in [5.41, 5.74) is 1.99. The van der Waals surface area contributed by atoms with Crippen molar-refractivity contribution in [1.29, 1.82) is 0 Å². The Balaban J connectivity index is 1.57. The van der Waals surface area contributed by atoms with Crippen LogP contribution in [0.5, 0.6) is 5.75 Å². The number of carbonyl (C=O) groups excluding carboxylic acids is 1. The van der Waals surface area contributed by atoms with Crippen LogP contribution in [-0.2, 0) is 24.1 Å². The predicted molar refractivity (Wildman–Crippen MR) is 94.8 cm³/mol. The summed E-state index contributed by atoms with van der Waals surface area (Å²) in [6.07, 6.45) is 1.58. The molecule has 0 bridgehead atoms. The van der Waals surface area contributed by atoms with Crippen molar-refractivity contribution < 1.29 is 9.53 Å². The first-order valence-electron chi connectivity index (χ1n) is 8.63. The van der Waals surface area contributed by atoms with Crippen LogP contribution in [0, 0.1) is 12.8 Å². The van der Waals surface area contributed by atoms with Gasteiger partial charge in [-0.15, -0.1) is 0 Å². The summed E-state index contributed by atoms with van der Waals surface area (Å²) in [6.45, 7) is 4.81. The molecule has 6 nitrogen and oxygen atoms in total. The van der Waals surface area contributed by atoms with Gasteiger partial charge in [0.2, 0.25) is 5.91 Å². The van der Waals surface area contributed by atoms with E-state index in [1.807, 2.05) is 31.2 Å². The Bertz CT molecular complexity index is 829. The van der Waals surface area contributed by atoms with E-state index >= 15 is 0 Å². The first kappa shape index (κ1) is 17.2. The van der Waals surface area contributed by atoms with Gasteiger partial charge in [0.05, 0.1) is 13.0 Å². The summed E-state index contributed by atoms with van der Waals surface area (Å²) in [6, 6.07) is 7.96. The molecular formula is C19H23N3O3. The molecule has 1 aliphatic heterocycles. The van der Waals surface area contributed by atoms with Crippen LogP contribution in [0.15, 0.2) is 29.1 Å². The number of aromatic amines is 1. The molecule has 1 aromatic carbocycles. The molecule has 1 aliphatic rings. The van der Waals surface area contributed by atoms with Crippen molar-refractivity contribution in [3.8, 4) is 5.75 Å². The van der Waals surface area contributed by atoms with Crippen molar-refractivity contribution in [3.05, 3.63) is 57.3 Å².